The van der Waals surface area contributed by atoms with Gasteiger partial charge in [-0.25, -0.2) is 4.98 Å². The van der Waals surface area contributed by atoms with E-state index in [0.717, 1.165) is 29.8 Å². The number of rotatable bonds is 7. The van der Waals surface area contributed by atoms with Gasteiger partial charge in [-0.3, -0.25) is 14.9 Å². The molecule has 27 heavy (non-hydrogen) atoms. The molecule has 0 saturated heterocycles. The summed E-state index contributed by atoms with van der Waals surface area (Å²) >= 11 is 0. The number of nitrogens with one attached hydrogen (secondary N) is 1. The van der Waals surface area contributed by atoms with Crippen molar-refractivity contribution in [2.24, 2.45) is 0 Å². The molecule has 7 heteroatoms. The van der Waals surface area contributed by atoms with Gasteiger partial charge in [-0.1, -0.05) is 24.3 Å². The molecule has 0 saturated carbocycles. The van der Waals surface area contributed by atoms with Gasteiger partial charge < -0.3 is 9.88 Å². The highest BCUT2D eigenvalue weighted by Crippen LogP contribution is 2.16. The van der Waals surface area contributed by atoms with Crippen LogP contribution in [-0.2, 0) is 11.3 Å². The molecule has 0 bridgehead atoms. The molecule has 0 aliphatic rings. The van der Waals surface area contributed by atoms with Crippen LogP contribution in [0.3, 0.4) is 0 Å². The zero-order valence-corrected chi connectivity index (χ0v) is 15.0. The summed E-state index contributed by atoms with van der Waals surface area (Å²) in [4.78, 5) is 26.8. The summed E-state index contributed by atoms with van der Waals surface area (Å²) in [6.07, 6.45) is 3.73. The molecule has 3 aromatic rings. The first-order valence-corrected chi connectivity index (χ1v) is 8.67. The third-order valence-electron chi connectivity index (χ3n) is 4.21. The van der Waals surface area contributed by atoms with Crippen LogP contribution in [0, 0.1) is 17.0 Å². The van der Waals surface area contributed by atoms with E-state index in [4.69, 9.17) is 0 Å². The number of benzene rings is 2. The van der Waals surface area contributed by atoms with Crippen molar-refractivity contribution in [2.45, 2.75) is 19.9 Å². The SMILES string of the molecule is Cc1nc2ccccc2n1CCCNC(=O)/C=C/c1cccc([N+](=O)[O-])c1. The Morgan fingerprint density at radius 1 is 1.26 bits per heavy atom. The zero-order chi connectivity index (χ0) is 19.2. The van der Waals surface area contributed by atoms with Crippen molar-refractivity contribution in [2.75, 3.05) is 6.54 Å². The van der Waals surface area contributed by atoms with E-state index in [9.17, 15) is 14.9 Å². The molecular weight excluding hydrogens is 344 g/mol. The van der Waals surface area contributed by atoms with Crippen LogP contribution in [0.4, 0.5) is 5.69 Å². The molecule has 0 aliphatic heterocycles. The maximum absolute atomic E-state index is 11.9. The number of aryl methyl sites for hydroxylation is 2. The molecule has 0 radical (unpaired) electrons. The Hall–Kier alpha value is -3.48. The fourth-order valence-electron chi connectivity index (χ4n) is 2.90. The lowest BCUT2D eigenvalue weighted by atomic mass is 10.2. The van der Waals surface area contributed by atoms with Crippen molar-refractivity contribution in [3.63, 3.8) is 0 Å². The number of amides is 1. The van der Waals surface area contributed by atoms with Crippen LogP contribution >= 0.6 is 0 Å². The maximum Gasteiger partial charge on any atom is 0.270 e. The average molecular weight is 364 g/mol. The van der Waals surface area contributed by atoms with E-state index >= 15 is 0 Å². The van der Waals surface area contributed by atoms with Gasteiger partial charge in [-0.05, 0) is 37.1 Å². The minimum Gasteiger partial charge on any atom is -0.352 e. The smallest absolute Gasteiger partial charge is 0.270 e. The maximum atomic E-state index is 11.9. The number of nitro groups is 1. The fraction of sp³-hybridized carbons (Fsp3) is 0.200. The molecule has 7 nitrogen and oxygen atoms in total. The van der Waals surface area contributed by atoms with Gasteiger partial charge in [0.15, 0.2) is 0 Å². The van der Waals surface area contributed by atoms with E-state index in [1.54, 1.807) is 18.2 Å². The molecule has 0 fully saturated rings. The molecule has 1 amide bonds. The van der Waals surface area contributed by atoms with Crippen molar-refractivity contribution >= 4 is 28.7 Å². The van der Waals surface area contributed by atoms with Gasteiger partial charge in [0.2, 0.25) is 5.91 Å². The number of imidazole rings is 1. The second kappa shape index (κ2) is 8.27. The molecule has 138 valence electrons. The number of aromatic nitrogens is 2. The Balaban J connectivity index is 1.50. The van der Waals surface area contributed by atoms with Gasteiger partial charge >= 0.3 is 0 Å². The standard InChI is InChI=1S/C20H20N4O3/c1-15-22-18-8-2-3-9-19(18)23(15)13-5-12-21-20(25)11-10-16-6-4-7-17(14-16)24(26)27/h2-4,6-11,14H,5,12-13H2,1H3,(H,21,25)/b11-10+. The molecule has 0 unspecified atom stereocenters. The Bertz CT molecular complexity index is 1010. The van der Waals surface area contributed by atoms with Gasteiger partial charge in [0, 0.05) is 31.3 Å². The van der Waals surface area contributed by atoms with E-state index in [1.807, 2.05) is 31.2 Å². The molecule has 1 aromatic heterocycles. The molecule has 1 N–H and O–H groups in total. The summed E-state index contributed by atoms with van der Waals surface area (Å²) in [6, 6.07) is 14.1. The topological polar surface area (TPSA) is 90.1 Å². The summed E-state index contributed by atoms with van der Waals surface area (Å²) in [5.74, 6) is 0.724. The highest BCUT2D eigenvalue weighted by atomic mass is 16.6. The fourth-order valence-corrected chi connectivity index (χ4v) is 2.90. The van der Waals surface area contributed by atoms with Gasteiger partial charge in [0.25, 0.3) is 5.69 Å². The Morgan fingerprint density at radius 2 is 2.07 bits per heavy atom. The first kappa shape index (κ1) is 18.3. The molecule has 2 aromatic carbocycles. The van der Waals surface area contributed by atoms with Crippen LogP contribution in [0.1, 0.15) is 17.8 Å². The summed E-state index contributed by atoms with van der Waals surface area (Å²) in [5.41, 5.74) is 2.67. The van der Waals surface area contributed by atoms with Crippen LogP contribution in [0.2, 0.25) is 0 Å². The Morgan fingerprint density at radius 3 is 2.89 bits per heavy atom. The number of hydrogen-bond acceptors (Lipinski definition) is 4. The van der Waals surface area contributed by atoms with Crippen molar-refractivity contribution in [1.29, 1.82) is 0 Å². The number of nitro benzene ring substituents is 1. The predicted octanol–water partition coefficient (Wildman–Crippen LogP) is 3.47. The van der Waals surface area contributed by atoms with Crippen molar-refractivity contribution in [3.8, 4) is 0 Å². The normalized spacial score (nSPS) is 11.1. The van der Waals surface area contributed by atoms with Crippen molar-refractivity contribution in [1.82, 2.24) is 14.9 Å². The van der Waals surface area contributed by atoms with E-state index in [0.29, 0.717) is 12.1 Å². The van der Waals surface area contributed by atoms with Crippen LogP contribution in [0.5, 0.6) is 0 Å². The molecule has 0 spiro atoms. The second-order valence-corrected chi connectivity index (χ2v) is 6.13. The lowest BCUT2D eigenvalue weighted by Gasteiger charge is -2.07. The van der Waals surface area contributed by atoms with E-state index in [1.165, 1.54) is 18.2 Å². The number of fused-ring (bicyclic) bond motifs is 1. The third kappa shape index (κ3) is 4.58. The number of carbonyl (C=O) groups is 1. The van der Waals surface area contributed by atoms with Gasteiger partial charge in [-0.2, -0.15) is 0 Å². The van der Waals surface area contributed by atoms with Gasteiger partial charge in [-0.15, -0.1) is 0 Å². The highest BCUT2D eigenvalue weighted by molar-refractivity contribution is 5.91. The number of carbonyl (C=O) groups excluding carboxylic acids is 1. The molecule has 1 heterocycles. The van der Waals surface area contributed by atoms with E-state index in [2.05, 4.69) is 14.9 Å². The second-order valence-electron chi connectivity index (χ2n) is 6.13. The summed E-state index contributed by atoms with van der Waals surface area (Å²) in [7, 11) is 0. The lowest BCUT2D eigenvalue weighted by molar-refractivity contribution is -0.384. The molecule has 0 atom stereocenters. The first-order chi connectivity index (χ1) is 13.0. The lowest BCUT2D eigenvalue weighted by Crippen LogP contribution is -2.23. The summed E-state index contributed by atoms with van der Waals surface area (Å²) in [5, 5.41) is 13.6. The summed E-state index contributed by atoms with van der Waals surface area (Å²) < 4.78 is 2.14. The van der Waals surface area contributed by atoms with E-state index in [-0.39, 0.29) is 11.6 Å². The van der Waals surface area contributed by atoms with Crippen molar-refractivity contribution in [3.05, 3.63) is 76.1 Å². The summed E-state index contributed by atoms with van der Waals surface area (Å²) in [6.45, 7) is 3.27. The van der Waals surface area contributed by atoms with Gasteiger partial charge in [0.1, 0.15) is 5.82 Å². The number of nitrogens with zero attached hydrogens (tertiary/aromatic N) is 3. The van der Waals surface area contributed by atoms with Crippen LogP contribution in [0.25, 0.3) is 17.1 Å². The Labute approximate surface area is 156 Å². The minimum atomic E-state index is -0.459. The quantitative estimate of drug-likeness (QED) is 0.301. The van der Waals surface area contributed by atoms with Gasteiger partial charge in [0.05, 0.1) is 16.0 Å². The third-order valence-corrected chi connectivity index (χ3v) is 4.21. The molecular formula is C20H20N4O3. The molecule has 3 rings (SSSR count). The number of non-ortho nitro benzene ring substituents is 1. The predicted molar refractivity (Wildman–Crippen MR) is 104 cm³/mol. The Kier molecular flexibility index (Phi) is 5.61. The largest absolute Gasteiger partial charge is 0.352 e. The van der Waals surface area contributed by atoms with Crippen molar-refractivity contribution < 1.29 is 9.72 Å². The molecule has 0 aliphatic carbocycles. The monoisotopic (exact) mass is 364 g/mol. The first-order valence-electron chi connectivity index (χ1n) is 8.67. The zero-order valence-electron chi connectivity index (χ0n) is 15.0. The highest BCUT2D eigenvalue weighted by Gasteiger charge is 2.06. The number of para-hydroxylation sites is 2. The van der Waals surface area contributed by atoms with E-state index < -0.39 is 4.92 Å². The number of hydrogen-bond donors (Lipinski definition) is 1. The minimum absolute atomic E-state index is 0.000451. The van der Waals surface area contributed by atoms with Crippen LogP contribution < -0.4 is 5.32 Å². The average Bonchev–Trinajstić information content (AvgIpc) is 2.99. The van der Waals surface area contributed by atoms with Crippen LogP contribution in [0.15, 0.2) is 54.6 Å². The van der Waals surface area contributed by atoms with Crippen LogP contribution in [-0.4, -0.2) is 26.9 Å².